The molecular weight excluding hydrogens is 292 g/mol. The molecule has 0 aliphatic carbocycles. The van der Waals surface area contributed by atoms with E-state index in [-0.39, 0.29) is 12.6 Å². The highest BCUT2D eigenvalue weighted by atomic mass is 32.2. The van der Waals surface area contributed by atoms with Crippen LogP contribution in [0.15, 0.2) is 23.1 Å². The summed E-state index contributed by atoms with van der Waals surface area (Å²) < 4.78 is 38.4. The van der Waals surface area contributed by atoms with E-state index in [0.29, 0.717) is 24.7 Å². The lowest BCUT2D eigenvalue weighted by atomic mass is 10.0. The molecule has 1 aromatic carbocycles. The first-order valence-corrected chi connectivity index (χ1v) is 8.70. The Morgan fingerprint density at radius 2 is 2.24 bits per heavy atom. The fraction of sp³-hybridized carbons (Fsp3) is 0.571. The number of nitrogens with one attached hydrogen (secondary N) is 2. The van der Waals surface area contributed by atoms with Gasteiger partial charge in [-0.05, 0) is 30.5 Å². The van der Waals surface area contributed by atoms with Gasteiger partial charge >= 0.3 is 0 Å². The molecule has 116 valence electrons. The predicted molar refractivity (Wildman–Crippen MR) is 79.0 cm³/mol. The lowest BCUT2D eigenvalue weighted by Crippen LogP contribution is -2.40. The molecule has 21 heavy (non-hydrogen) atoms. The smallest absolute Gasteiger partial charge is 0.241 e. The van der Waals surface area contributed by atoms with Gasteiger partial charge in [0.1, 0.15) is 0 Å². The van der Waals surface area contributed by atoms with Crippen LogP contribution in [-0.2, 0) is 25.9 Å². The van der Waals surface area contributed by atoms with Crippen molar-refractivity contribution in [3.05, 3.63) is 23.8 Å². The first-order valence-electron chi connectivity index (χ1n) is 7.21. The van der Waals surface area contributed by atoms with Crippen molar-refractivity contribution in [2.24, 2.45) is 0 Å². The molecule has 7 heteroatoms. The van der Waals surface area contributed by atoms with Gasteiger partial charge in [0, 0.05) is 18.8 Å². The van der Waals surface area contributed by atoms with Crippen molar-refractivity contribution in [2.45, 2.75) is 23.8 Å². The highest BCUT2D eigenvalue weighted by molar-refractivity contribution is 7.89. The van der Waals surface area contributed by atoms with Crippen LogP contribution in [0.5, 0.6) is 0 Å². The minimum atomic E-state index is -3.53. The fourth-order valence-electron chi connectivity index (χ4n) is 2.66. The third-order valence-corrected chi connectivity index (χ3v) is 5.24. The largest absolute Gasteiger partial charge is 0.385 e. The van der Waals surface area contributed by atoms with E-state index in [0.717, 1.165) is 30.6 Å². The normalized spacial score (nSPS) is 22.4. The summed E-state index contributed by atoms with van der Waals surface area (Å²) in [5, 5.41) is 3.24. The van der Waals surface area contributed by atoms with Crippen molar-refractivity contribution in [2.75, 3.05) is 38.2 Å². The molecule has 0 spiro atoms. The van der Waals surface area contributed by atoms with Gasteiger partial charge in [-0.3, -0.25) is 0 Å². The maximum Gasteiger partial charge on any atom is 0.241 e. The number of anilines is 1. The maximum absolute atomic E-state index is 12.5. The summed E-state index contributed by atoms with van der Waals surface area (Å²) >= 11 is 0. The molecule has 1 unspecified atom stereocenters. The Morgan fingerprint density at radius 1 is 1.33 bits per heavy atom. The molecule has 0 radical (unpaired) electrons. The van der Waals surface area contributed by atoms with Crippen LogP contribution in [0.4, 0.5) is 5.69 Å². The number of rotatable bonds is 4. The molecule has 0 bridgehead atoms. The van der Waals surface area contributed by atoms with Crippen LogP contribution in [0, 0.1) is 0 Å². The summed E-state index contributed by atoms with van der Waals surface area (Å²) in [6.07, 6.45) is 1.51. The van der Waals surface area contributed by atoms with Gasteiger partial charge in [0.25, 0.3) is 0 Å². The molecule has 6 nitrogen and oxygen atoms in total. The van der Waals surface area contributed by atoms with Gasteiger partial charge in [0.2, 0.25) is 10.0 Å². The zero-order chi connectivity index (χ0) is 14.7. The Kier molecular flexibility index (Phi) is 4.44. The van der Waals surface area contributed by atoms with Gasteiger partial charge in [-0.1, -0.05) is 6.07 Å². The van der Waals surface area contributed by atoms with Crippen LogP contribution in [0.2, 0.25) is 0 Å². The van der Waals surface area contributed by atoms with Crippen LogP contribution >= 0.6 is 0 Å². The Labute approximate surface area is 124 Å². The second-order valence-corrected chi connectivity index (χ2v) is 6.97. The average molecular weight is 312 g/mol. The van der Waals surface area contributed by atoms with Gasteiger partial charge in [-0.25, -0.2) is 13.1 Å². The third kappa shape index (κ3) is 3.37. The monoisotopic (exact) mass is 312 g/mol. The first-order chi connectivity index (χ1) is 10.2. The van der Waals surface area contributed by atoms with Crippen molar-refractivity contribution in [1.29, 1.82) is 0 Å². The molecule has 1 saturated heterocycles. The predicted octanol–water partition coefficient (Wildman–Crippen LogP) is 0.738. The zero-order valence-corrected chi connectivity index (χ0v) is 12.6. The van der Waals surface area contributed by atoms with Crippen LogP contribution < -0.4 is 10.0 Å². The number of sulfonamides is 1. The van der Waals surface area contributed by atoms with Crippen molar-refractivity contribution < 1.29 is 17.9 Å². The molecule has 0 aromatic heterocycles. The molecule has 1 fully saturated rings. The quantitative estimate of drug-likeness (QED) is 0.857. The topological polar surface area (TPSA) is 76.7 Å². The lowest BCUT2D eigenvalue weighted by Gasteiger charge is -2.24. The second-order valence-electron chi connectivity index (χ2n) is 5.23. The highest BCUT2D eigenvalue weighted by Crippen LogP contribution is 2.28. The molecule has 0 saturated carbocycles. The minimum Gasteiger partial charge on any atom is -0.385 e. The average Bonchev–Trinajstić information content (AvgIpc) is 2.53. The van der Waals surface area contributed by atoms with Gasteiger partial charge in [0.05, 0.1) is 30.8 Å². The van der Waals surface area contributed by atoms with Gasteiger partial charge in [-0.2, -0.15) is 0 Å². The molecule has 1 atom stereocenters. The van der Waals surface area contributed by atoms with Crippen LogP contribution in [0.25, 0.3) is 0 Å². The molecule has 2 heterocycles. The van der Waals surface area contributed by atoms with E-state index < -0.39 is 10.0 Å². The van der Waals surface area contributed by atoms with Crippen LogP contribution in [0.1, 0.15) is 12.0 Å². The van der Waals surface area contributed by atoms with E-state index in [9.17, 15) is 8.42 Å². The molecule has 3 rings (SSSR count). The molecular formula is C14H20N2O4S. The number of fused-ring (bicyclic) bond motifs is 1. The van der Waals surface area contributed by atoms with Crippen molar-refractivity contribution in [3.63, 3.8) is 0 Å². The van der Waals surface area contributed by atoms with E-state index in [1.165, 1.54) is 0 Å². The Balaban J connectivity index is 1.75. The van der Waals surface area contributed by atoms with Gasteiger partial charge in [-0.15, -0.1) is 0 Å². The standard InChI is InChI=1S/C14H20N2O4S/c17-21(18,16-9-11-10-19-7-8-20-11)14-5-1-4-13-12(14)3-2-6-15-13/h1,4-5,11,15-16H,2-3,6-10H2. The molecule has 2 aliphatic heterocycles. The lowest BCUT2D eigenvalue weighted by molar-refractivity contribution is -0.0846. The summed E-state index contributed by atoms with van der Waals surface area (Å²) in [6, 6.07) is 5.35. The number of benzene rings is 1. The Hall–Kier alpha value is -1.15. The van der Waals surface area contributed by atoms with Gasteiger partial charge in [0.15, 0.2) is 0 Å². The highest BCUT2D eigenvalue weighted by Gasteiger charge is 2.24. The van der Waals surface area contributed by atoms with E-state index in [1.807, 2.05) is 6.07 Å². The maximum atomic E-state index is 12.5. The van der Waals surface area contributed by atoms with E-state index in [2.05, 4.69) is 10.0 Å². The van der Waals surface area contributed by atoms with Crippen LogP contribution in [0.3, 0.4) is 0 Å². The van der Waals surface area contributed by atoms with Gasteiger partial charge < -0.3 is 14.8 Å². The summed E-state index contributed by atoms with van der Waals surface area (Å²) in [5.74, 6) is 0. The Morgan fingerprint density at radius 3 is 3.05 bits per heavy atom. The second kappa shape index (κ2) is 6.31. The fourth-order valence-corrected chi connectivity index (χ4v) is 4.02. The summed E-state index contributed by atoms with van der Waals surface area (Å²) in [5.41, 5.74) is 1.79. The van der Waals surface area contributed by atoms with E-state index in [4.69, 9.17) is 9.47 Å². The first kappa shape index (κ1) is 14.8. The van der Waals surface area contributed by atoms with Crippen molar-refractivity contribution in [3.8, 4) is 0 Å². The molecule has 2 aliphatic rings. The molecule has 0 amide bonds. The third-order valence-electron chi connectivity index (χ3n) is 3.73. The van der Waals surface area contributed by atoms with E-state index in [1.54, 1.807) is 12.1 Å². The Bertz CT molecular complexity index is 597. The number of hydrogen-bond acceptors (Lipinski definition) is 5. The number of hydrogen-bond donors (Lipinski definition) is 2. The van der Waals surface area contributed by atoms with E-state index >= 15 is 0 Å². The molecule has 1 aromatic rings. The zero-order valence-electron chi connectivity index (χ0n) is 11.8. The molecule has 2 N–H and O–H groups in total. The van der Waals surface area contributed by atoms with Crippen molar-refractivity contribution >= 4 is 15.7 Å². The SMILES string of the molecule is O=S(=O)(NCC1COCCO1)c1cccc2c1CCCN2. The summed E-state index contributed by atoms with van der Waals surface area (Å²) in [4.78, 5) is 0.365. The van der Waals surface area contributed by atoms with Crippen LogP contribution in [-0.4, -0.2) is 47.4 Å². The summed E-state index contributed by atoms with van der Waals surface area (Å²) in [7, 11) is -3.53. The number of ether oxygens (including phenoxy) is 2. The summed E-state index contributed by atoms with van der Waals surface area (Å²) in [6.45, 7) is 2.63. The van der Waals surface area contributed by atoms with Crippen molar-refractivity contribution in [1.82, 2.24) is 4.72 Å². The minimum absolute atomic E-state index is 0.216.